The molecule has 0 unspecified atom stereocenters. The lowest BCUT2D eigenvalue weighted by Crippen LogP contribution is -2.06. The number of nitrogens with zero attached hydrogens (tertiary/aromatic N) is 2. The van der Waals surface area contributed by atoms with Crippen molar-refractivity contribution < 1.29 is 13.2 Å². The summed E-state index contributed by atoms with van der Waals surface area (Å²) in [4.78, 5) is 7.79. The molecule has 0 aliphatic rings. The van der Waals surface area contributed by atoms with Gasteiger partial charge in [-0.05, 0) is 53.3 Å². The molecule has 4 rings (SSSR count). The number of benzene rings is 3. The van der Waals surface area contributed by atoms with E-state index in [-0.39, 0.29) is 5.56 Å². The third kappa shape index (κ3) is 5.69. The first-order chi connectivity index (χ1) is 15.9. The molecule has 0 bridgehead atoms. The number of H-pyrrole nitrogens is 1. The van der Waals surface area contributed by atoms with Crippen LogP contribution in [0.15, 0.2) is 79.0 Å². The van der Waals surface area contributed by atoms with Crippen molar-refractivity contribution in [2.75, 3.05) is 0 Å². The van der Waals surface area contributed by atoms with Crippen LogP contribution in [0.25, 0.3) is 11.1 Å². The van der Waals surface area contributed by atoms with E-state index in [4.69, 9.17) is 5.26 Å². The van der Waals surface area contributed by atoms with E-state index in [1.165, 1.54) is 12.1 Å². The van der Waals surface area contributed by atoms with E-state index in [1.54, 1.807) is 30.3 Å². The van der Waals surface area contributed by atoms with Crippen molar-refractivity contribution in [1.82, 2.24) is 9.97 Å². The van der Waals surface area contributed by atoms with Crippen LogP contribution in [0.2, 0.25) is 0 Å². The summed E-state index contributed by atoms with van der Waals surface area (Å²) in [5, 5.41) is 8.89. The lowest BCUT2D eigenvalue weighted by molar-refractivity contribution is -0.137. The monoisotopic (exact) mass is 445 g/mol. The van der Waals surface area contributed by atoms with Crippen molar-refractivity contribution >= 4 is 0 Å². The number of hydrogen-bond acceptors (Lipinski definition) is 2. The second-order valence-electron chi connectivity index (χ2n) is 7.93. The van der Waals surface area contributed by atoms with Gasteiger partial charge in [0.05, 0.1) is 17.2 Å². The van der Waals surface area contributed by atoms with E-state index in [1.807, 2.05) is 30.5 Å². The van der Waals surface area contributed by atoms with Gasteiger partial charge in [0.25, 0.3) is 0 Å². The van der Waals surface area contributed by atoms with Crippen LogP contribution in [0.1, 0.15) is 40.2 Å². The van der Waals surface area contributed by atoms with Crippen LogP contribution in [0, 0.1) is 11.3 Å². The number of imidazole rings is 1. The average molecular weight is 445 g/mol. The minimum Gasteiger partial charge on any atom is -0.346 e. The zero-order valence-corrected chi connectivity index (χ0v) is 17.9. The van der Waals surface area contributed by atoms with Crippen LogP contribution in [0.4, 0.5) is 13.2 Å². The summed E-state index contributed by atoms with van der Waals surface area (Å²) >= 11 is 0. The smallest absolute Gasteiger partial charge is 0.346 e. The lowest BCUT2D eigenvalue weighted by atomic mass is 9.97. The Hall–Kier alpha value is -3.85. The Balaban J connectivity index is 1.32. The Labute approximate surface area is 190 Å². The van der Waals surface area contributed by atoms with E-state index < -0.39 is 11.7 Å². The molecule has 0 aliphatic heterocycles. The molecule has 33 heavy (non-hydrogen) atoms. The van der Waals surface area contributed by atoms with E-state index in [2.05, 4.69) is 16.0 Å². The molecular weight excluding hydrogens is 423 g/mol. The maximum atomic E-state index is 13.3. The molecule has 1 N–H and O–H groups in total. The Bertz CT molecular complexity index is 1250. The van der Waals surface area contributed by atoms with Crippen LogP contribution in [0.3, 0.4) is 0 Å². The number of aromatic nitrogens is 2. The highest BCUT2D eigenvalue weighted by Gasteiger charge is 2.33. The summed E-state index contributed by atoms with van der Waals surface area (Å²) in [7, 11) is 0. The topological polar surface area (TPSA) is 52.5 Å². The van der Waals surface area contributed by atoms with Crippen LogP contribution in [-0.2, 0) is 25.4 Å². The molecule has 0 saturated heterocycles. The van der Waals surface area contributed by atoms with Crippen LogP contribution < -0.4 is 0 Å². The lowest BCUT2D eigenvalue weighted by Gasteiger charge is -2.13. The quantitative estimate of drug-likeness (QED) is 0.343. The van der Waals surface area contributed by atoms with Crippen LogP contribution in [-0.4, -0.2) is 9.97 Å². The second kappa shape index (κ2) is 9.74. The minimum absolute atomic E-state index is 0.196. The predicted octanol–water partition coefficient (Wildman–Crippen LogP) is 6.73. The van der Waals surface area contributed by atoms with Crippen molar-refractivity contribution in [2.45, 2.75) is 31.9 Å². The number of aromatic amines is 1. The molecule has 3 nitrogen and oxygen atoms in total. The van der Waals surface area contributed by atoms with E-state index in [0.29, 0.717) is 11.1 Å². The van der Waals surface area contributed by atoms with Gasteiger partial charge in [-0.2, -0.15) is 18.4 Å². The summed E-state index contributed by atoms with van der Waals surface area (Å²) in [5.41, 5.74) is 3.98. The van der Waals surface area contributed by atoms with Gasteiger partial charge in [-0.1, -0.05) is 54.6 Å². The van der Waals surface area contributed by atoms with Gasteiger partial charge in [0.2, 0.25) is 0 Å². The SMILES string of the molecule is N#Cc1ccc(Cc2cnc(CCCc3ccc(-c4ccccc4C(F)(F)F)cc3)[nH]2)cc1. The fourth-order valence-corrected chi connectivity index (χ4v) is 3.83. The Morgan fingerprint density at radius 3 is 2.24 bits per heavy atom. The first-order valence-corrected chi connectivity index (χ1v) is 10.7. The van der Waals surface area contributed by atoms with Crippen molar-refractivity contribution in [3.63, 3.8) is 0 Å². The van der Waals surface area contributed by atoms with Gasteiger partial charge in [0.1, 0.15) is 5.82 Å². The Morgan fingerprint density at radius 2 is 1.55 bits per heavy atom. The number of hydrogen-bond donors (Lipinski definition) is 1. The van der Waals surface area contributed by atoms with Crippen molar-refractivity contribution in [2.24, 2.45) is 0 Å². The molecule has 0 spiro atoms. The third-order valence-corrected chi connectivity index (χ3v) is 5.54. The van der Waals surface area contributed by atoms with Gasteiger partial charge >= 0.3 is 6.18 Å². The maximum absolute atomic E-state index is 13.3. The third-order valence-electron chi connectivity index (χ3n) is 5.54. The predicted molar refractivity (Wildman–Crippen MR) is 121 cm³/mol. The van der Waals surface area contributed by atoms with Crippen molar-refractivity contribution in [3.05, 3.63) is 113 Å². The number of halogens is 3. The van der Waals surface area contributed by atoms with Crippen molar-refractivity contribution in [3.8, 4) is 17.2 Å². The maximum Gasteiger partial charge on any atom is 0.417 e. The molecule has 0 aliphatic carbocycles. The van der Waals surface area contributed by atoms with Gasteiger partial charge < -0.3 is 4.98 Å². The highest BCUT2D eigenvalue weighted by molar-refractivity contribution is 5.68. The summed E-state index contributed by atoms with van der Waals surface area (Å²) in [6.07, 6.45) is 0.651. The number of nitrogens with one attached hydrogen (secondary N) is 1. The summed E-state index contributed by atoms with van der Waals surface area (Å²) in [6, 6.07) is 22.5. The average Bonchev–Trinajstić information content (AvgIpc) is 3.26. The Kier molecular flexibility index (Phi) is 6.60. The standard InChI is InChI=1S/C27H22F3N3/c28-27(29,30)25-6-2-1-5-24(25)22-14-12-19(13-15-22)4-3-7-26-32-18-23(33-26)16-20-8-10-21(17-31)11-9-20/h1-2,5-6,8-15,18H,3-4,7,16H2,(H,32,33). The first kappa shape index (κ1) is 22.3. The molecule has 1 aromatic heterocycles. The van der Waals surface area contributed by atoms with Crippen LogP contribution in [0.5, 0.6) is 0 Å². The zero-order valence-electron chi connectivity index (χ0n) is 17.9. The normalized spacial score (nSPS) is 11.3. The molecule has 0 saturated carbocycles. The summed E-state index contributed by atoms with van der Waals surface area (Å²) in [6.45, 7) is 0. The summed E-state index contributed by atoms with van der Waals surface area (Å²) in [5.74, 6) is 0.911. The minimum atomic E-state index is -4.38. The highest BCUT2D eigenvalue weighted by Crippen LogP contribution is 2.36. The first-order valence-electron chi connectivity index (χ1n) is 10.7. The molecule has 0 amide bonds. The van der Waals surface area contributed by atoms with Gasteiger partial charge in [0.15, 0.2) is 0 Å². The fraction of sp³-hybridized carbons (Fsp3) is 0.185. The van der Waals surface area contributed by atoms with E-state index >= 15 is 0 Å². The molecule has 0 fully saturated rings. The van der Waals surface area contributed by atoms with E-state index in [0.717, 1.165) is 54.4 Å². The Morgan fingerprint density at radius 1 is 0.848 bits per heavy atom. The molecule has 0 atom stereocenters. The molecule has 4 aromatic rings. The molecule has 1 heterocycles. The number of aryl methyl sites for hydroxylation is 2. The van der Waals surface area contributed by atoms with Gasteiger partial charge in [-0.25, -0.2) is 4.98 Å². The number of nitriles is 1. The van der Waals surface area contributed by atoms with Gasteiger partial charge in [0, 0.05) is 24.7 Å². The molecule has 3 aromatic carbocycles. The molecular formula is C27H22F3N3. The molecule has 0 radical (unpaired) electrons. The molecule has 166 valence electrons. The largest absolute Gasteiger partial charge is 0.417 e. The number of alkyl halides is 3. The van der Waals surface area contributed by atoms with Gasteiger partial charge in [-0.15, -0.1) is 0 Å². The molecule has 6 heteroatoms. The number of rotatable bonds is 7. The van der Waals surface area contributed by atoms with E-state index in [9.17, 15) is 13.2 Å². The zero-order chi connectivity index (χ0) is 23.3. The van der Waals surface area contributed by atoms with Crippen molar-refractivity contribution in [1.29, 1.82) is 5.26 Å². The second-order valence-corrected chi connectivity index (χ2v) is 7.93. The van der Waals surface area contributed by atoms with Crippen LogP contribution >= 0.6 is 0 Å². The summed E-state index contributed by atoms with van der Waals surface area (Å²) < 4.78 is 39.8. The fourth-order valence-electron chi connectivity index (χ4n) is 3.83. The highest BCUT2D eigenvalue weighted by atomic mass is 19.4. The van der Waals surface area contributed by atoms with Gasteiger partial charge in [-0.3, -0.25) is 0 Å².